The number of ether oxygens (including phenoxy) is 1. The van der Waals surface area contributed by atoms with Crippen LogP contribution in [0.4, 0.5) is 5.69 Å². The molecule has 2 aliphatic heterocycles. The highest BCUT2D eigenvalue weighted by atomic mass is 16.5. The number of carbonyl (C=O) groups is 1. The monoisotopic (exact) mass is 260 g/mol. The minimum atomic E-state index is -0.0675. The Kier molecular flexibility index (Phi) is 3.42. The quantitative estimate of drug-likeness (QED) is 0.883. The van der Waals surface area contributed by atoms with Crippen LogP contribution in [-0.4, -0.2) is 37.6 Å². The average molecular weight is 260 g/mol. The molecule has 0 aliphatic carbocycles. The SMILES string of the molecule is CN1CCCC(Cc2ccc3c(c2)NC(=O)CO3)C1. The largest absolute Gasteiger partial charge is 0.482 e. The van der Waals surface area contributed by atoms with Crippen LogP contribution in [0.2, 0.25) is 0 Å². The standard InChI is InChI=1S/C15H20N2O2/c1-17-6-2-3-12(9-17)7-11-4-5-14-13(8-11)16-15(18)10-19-14/h4-5,8,12H,2-3,6-7,9-10H2,1H3,(H,16,18). The maximum atomic E-state index is 11.3. The van der Waals surface area contributed by atoms with E-state index in [2.05, 4.69) is 29.4 Å². The van der Waals surface area contributed by atoms with E-state index in [0.717, 1.165) is 23.8 Å². The van der Waals surface area contributed by atoms with E-state index in [-0.39, 0.29) is 12.5 Å². The Labute approximate surface area is 113 Å². The van der Waals surface area contributed by atoms with Crippen molar-refractivity contribution in [2.75, 3.05) is 32.1 Å². The van der Waals surface area contributed by atoms with Crippen LogP contribution in [0.5, 0.6) is 5.75 Å². The molecule has 19 heavy (non-hydrogen) atoms. The van der Waals surface area contributed by atoms with Gasteiger partial charge in [-0.3, -0.25) is 4.79 Å². The van der Waals surface area contributed by atoms with Gasteiger partial charge >= 0.3 is 0 Å². The number of benzene rings is 1. The number of hydrogen-bond acceptors (Lipinski definition) is 3. The number of piperidine rings is 1. The van der Waals surface area contributed by atoms with Crippen molar-refractivity contribution < 1.29 is 9.53 Å². The number of nitrogens with one attached hydrogen (secondary N) is 1. The maximum Gasteiger partial charge on any atom is 0.262 e. The third kappa shape index (κ3) is 2.89. The van der Waals surface area contributed by atoms with E-state index in [1.165, 1.54) is 31.5 Å². The molecule has 4 nitrogen and oxygen atoms in total. The first kappa shape index (κ1) is 12.5. The summed E-state index contributed by atoms with van der Waals surface area (Å²) in [5.74, 6) is 1.43. The molecule has 0 bridgehead atoms. The second kappa shape index (κ2) is 5.21. The smallest absolute Gasteiger partial charge is 0.262 e. The molecule has 0 aromatic heterocycles. The molecule has 1 aromatic carbocycles. The molecule has 1 aromatic rings. The highest BCUT2D eigenvalue weighted by molar-refractivity contribution is 5.95. The Morgan fingerprint density at radius 2 is 2.37 bits per heavy atom. The Balaban J connectivity index is 1.71. The second-order valence-electron chi connectivity index (χ2n) is 5.64. The van der Waals surface area contributed by atoms with E-state index in [4.69, 9.17) is 4.74 Å². The normalized spacial score (nSPS) is 23.4. The molecule has 102 valence electrons. The summed E-state index contributed by atoms with van der Waals surface area (Å²) in [5.41, 5.74) is 2.10. The predicted molar refractivity (Wildman–Crippen MR) is 74.5 cm³/mol. The van der Waals surface area contributed by atoms with Gasteiger partial charge in [0.05, 0.1) is 5.69 Å². The molecule has 1 amide bonds. The van der Waals surface area contributed by atoms with Crippen molar-refractivity contribution in [3.63, 3.8) is 0 Å². The van der Waals surface area contributed by atoms with Crippen molar-refractivity contribution in [2.45, 2.75) is 19.3 Å². The van der Waals surface area contributed by atoms with Crippen molar-refractivity contribution in [2.24, 2.45) is 5.92 Å². The lowest BCUT2D eigenvalue weighted by Gasteiger charge is -2.30. The fraction of sp³-hybridized carbons (Fsp3) is 0.533. The third-order valence-corrected chi connectivity index (χ3v) is 3.92. The molecule has 1 atom stereocenters. The Hall–Kier alpha value is -1.55. The van der Waals surface area contributed by atoms with E-state index in [0.29, 0.717) is 0 Å². The summed E-state index contributed by atoms with van der Waals surface area (Å²) in [6.45, 7) is 2.50. The molecule has 4 heteroatoms. The number of fused-ring (bicyclic) bond motifs is 1. The van der Waals surface area contributed by atoms with Crippen LogP contribution in [0, 0.1) is 5.92 Å². The minimum Gasteiger partial charge on any atom is -0.482 e. The lowest BCUT2D eigenvalue weighted by atomic mass is 9.91. The van der Waals surface area contributed by atoms with Gasteiger partial charge in [0.1, 0.15) is 5.75 Å². The zero-order valence-corrected chi connectivity index (χ0v) is 11.3. The Bertz CT molecular complexity index is 487. The molecule has 1 unspecified atom stereocenters. The lowest BCUT2D eigenvalue weighted by molar-refractivity contribution is -0.118. The fourth-order valence-electron chi connectivity index (χ4n) is 3.03. The van der Waals surface area contributed by atoms with Gasteiger partial charge < -0.3 is 15.0 Å². The number of nitrogens with zero attached hydrogens (tertiary/aromatic N) is 1. The van der Waals surface area contributed by atoms with Crippen molar-refractivity contribution in [3.8, 4) is 5.75 Å². The van der Waals surface area contributed by atoms with Crippen LogP contribution in [-0.2, 0) is 11.2 Å². The van der Waals surface area contributed by atoms with Crippen LogP contribution < -0.4 is 10.1 Å². The molecule has 2 heterocycles. The average Bonchev–Trinajstić information content (AvgIpc) is 2.38. The number of hydrogen-bond donors (Lipinski definition) is 1. The number of amides is 1. The van der Waals surface area contributed by atoms with Crippen molar-refractivity contribution in [3.05, 3.63) is 23.8 Å². The van der Waals surface area contributed by atoms with E-state index in [1.54, 1.807) is 0 Å². The summed E-state index contributed by atoms with van der Waals surface area (Å²) in [4.78, 5) is 13.7. The van der Waals surface area contributed by atoms with Gasteiger partial charge in [-0.05, 0) is 56.5 Å². The van der Waals surface area contributed by atoms with E-state index in [9.17, 15) is 4.79 Å². The number of carbonyl (C=O) groups excluding carboxylic acids is 1. The number of rotatable bonds is 2. The summed E-state index contributed by atoms with van der Waals surface area (Å²) >= 11 is 0. The van der Waals surface area contributed by atoms with Crippen LogP contribution >= 0.6 is 0 Å². The summed E-state index contributed by atoms with van der Waals surface area (Å²) in [7, 11) is 2.19. The van der Waals surface area contributed by atoms with Crippen molar-refractivity contribution in [1.82, 2.24) is 4.90 Å². The molecular formula is C15H20N2O2. The van der Waals surface area contributed by atoms with E-state index >= 15 is 0 Å². The zero-order valence-electron chi connectivity index (χ0n) is 11.3. The second-order valence-corrected chi connectivity index (χ2v) is 5.64. The molecule has 2 aliphatic rings. The fourth-order valence-corrected chi connectivity index (χ4v) is 3.03. The van der Waals surface area contributed by atoms with Crippen LogP contribution in [0.15, 0.2) is 18.2 Å². The highest BCUT2D eigenvalue weighted by Gasteiger charge is 2.20. The summed E-state index contributed by atoms with van der Waals surface area (Å²) in [6.07, 6.45) is 3.66. The molecule has 1 fully saturated rings. The van der Waals surface area contributed by atoms with Crippen LogP contribution in [0.1, 0.15) is 18.4 Å². The highest BCUT2D eigenvalue weighted by Crippen LogP contribution is 2.30. The number of likely N-dealkylation sites (tertiary alicyclic amines) is 1. The van der Waals surface area contributed by atoms with Gasteiger partial charge in [-0.2, -0.15) is 0 Å². The Morgan fingerprint density at radius 1 is 1.47 bits per heavy atom. The predicted octanol–water partition coefficient (Wildman–Crippen LogP) is 1.90. The van der Waals surface area contributed by atoms with Gasteiger partial charge in [0, 0.05) is 6.54 Å². The number of anilines is 1. The molecular weight excluding hydrogens is 240 g/mol. The molecule has 3 rings (SSSR count). The van der Waals surface area contributed by atoms with Crippen LogP contribution in [0.25, 0.3) is 0 Å². The first-order valence-corrected chi connectivity index (χ1v) is 6.95. The van der Waals surface area contributed by atoms with E-state index in [1.807, 2.05) is 6.07 Å². The van der Waals surface area contributed by atoms with Crippen molar-refractivity contribution in [1.29, 1.82) is 0 Å². The van der Waals surface area contributed by atoms with Gasteiger partial charge in [0.25, 0.3) is 5.91 Å². The van der Waals surface area contributed by atoms with Crippen molar-refractivity contribution >= 4 is 11.6 Å². The minimum absolute atomic E-state index is 0.0675. The summed E-state index contributed by atoms with van der Waals surface area (Å²) in [6, 6.07) is 6.14. The summed E-state index contributed by atoms with van der Waals surface area (Å²) < 4.78 is 5.38. The molecule has 0 saturated carbocycles. The van der Waals surface area contributed by atoms with Gasteiger partial charge in [-0.1, -0.05) is 6.07 Å². The zero-order chi connectivity index (χ0) is 13.2. The molecule has 0 radical (unpaired) electrons. The third-order valence-electron chi connectivity index (χ3n) is 3.92. The van der Waals surface area contributed by atoms with Gasteiger partial charge in [-0.25, -0.2) is 0 Å². The van der Waals surface area contributed by atoms with Gasteiger partial charge in [0.2, 0.25) is 0 Å². The van der Waals surface area contributed by atoms with Gasteiger partial charge in [0.15, 0.2) is 6.61 Å². The molecule has 0 spiro atoms. The van der Waals surface area contributed by atoms with E-state index < -0.39 is 0 Å². The first-order valence-electron chi connectivity index (χ1n) is 6.95. The molecule has 1 N–H and O–H groups in total. The first-order chi connectivity index (χ1) is 9.20. The summed E-state index contributed by atoms with van der Waals surface area (Å²) in [5, 5.41) is 2.87. The maximum absolute atomic E-state index is 11.3. The van der Waals surface area contributed by atoms with Gasteiger partial charge in [-0.15, -0.1) is 0 Å². The lowest BCUT2D eigenvalue weighted by Crippen LogP contribution is -2.33. The topological polar surface area (TPSA) is 41.6 Å². The van der Waals surface area contributed by atoms with Crippen LogP contribution in [0.3, 0.4) is 0 Å². The molecule has 1 saturated heterocycles. The Morgan fingerprint density at radius 3 is 3.21 bits per heavy atom.